The fourth-order valence-electron chi connectivity index (χ4n) is 1.36. The highest BCUT2D eigenvalue weighted by Crippen LogP contribution is 2.29. The Kier molecular flexibility index (Phi) is 4.66. The van der Waals surface area contributed by atoms with Gasteiger partial charge in [-0.25, -0.2) is 0 Å². The smallest absolute Gasteiger partial charge is 0.308 e. The predicted octanol–water partition coefficient (Wildman–Crippen LogP) is 2.88. The Morgan fingerprint density at radius 3 is 2.61 bits per heavy atom. The summed E-state index contributed by atoms with van der Waals surface area (Å²) < 4.78 is 0.596. The van der Waals surface area contributed by atoms with E-state index >= 15 is 0 Å². The summed E-state index contributed by atoms with van der Waals surface area (Å²) in [7, 11) is 0. The molecule has 7 heteroatoms. The maximum absolute atomic E-state index is 10.9. The van der Waals surface area contributed by atoms with E-state index < -0.39 is 22.9 Å². The van der Waals surface area contributed by atoms with Crippen molar-refractivity contribution >= 4 is 33.3 Å². The van der Waals surface area contributed by atoms with Gasteiger partial charge in [-0.2, -0.15) is 0 Å². The summed E-state index contributed by atoms with van der Waals surface area (Å²) in [5.41, 5.74) is 0.220. The first-order chi connectivity index (χ1) is 8.32. The average molecular weight is 317 g/mol. The molecule has 0 fully saturated rings. The largest absolute Gasteiger partial charge is 0.481 e. The Morgan fingerprint density at radius 1 is 1.50 bits per heavy atom. The molecule has 0 bridgehead atoms. The van der Waals surface area contributed by atoms with E-state index in [0.717, 1.165) is 0 Å². The number of rotatable bonds is 5. The fourth-order valence-corrected chi connectivity index (χ4v) is 1.71. The summed E-state index contributed by atoms with van der Waals surface area (Å²) >= 11 is 3.16. The molecule has 1 aromatic rings. The van der Waals surface area contributed by atoms with Gasteiger partial charge in [0.2, 0.25) is 0 Å². The van der Waals surface area contributed by atoms with Crippen LogP contribution in [0.3, 0.4) is 0 Å². The van der Waals surface area contributed by atoms with Gasteiger partial charge in [0.15, 0.2) is 0 Å². The number of benzene rings is 1. The van der Waals surface area contributed by atoms with Crippen molar-refractivity contribution in [2.75, 3.05) is 5.32 Å². The Bertz CT molecular complexity index is 478. The topological polar surface area (TPSA) is 92.5 Å². The highest BCUT2D eigenvalue weighted by Gasteiger charge is 2.22. The van der Waals surface area contributed by atoms with Gasteiger partial charge in [0.05, 0.1) is 10.8 Å². The van der Waals surface area contributed by atoms with Gasteiger partial charge in [0, 0.05) is 16.6 Å². The van der Waals surface area contributed by atoms with E-state index in [4.69, 9.17) is 5.11 Å². The normalized spacial score (nSPS) is 13.7. The first-order valence-electron chi connectivity index (χ1n) is 5.26. The molecule has 2 N–H and O–H groups in total. The minimum Gasteiger partial charge on any atom is -0.481 e. The molecule has 6 nitrogen and oxygen atoms in total. The Labute approximate surface area is 112 Å². The van der Waals surface area contributed by atoms with E-state index in [9.17, 15) is 14.9 Å². The number of hydrogen-bond acceptors (Lipinski definition) is 4. The first-order valence-corrected chi connectivity index (χ1v) is 6.05. The standard InChI is InChI=1S/C11H13BrN2O4/c1-6(11(15)16)7(2)13-9-4-3-8(12)5-10(9)14(17)18/h3-7,13H,1-2H3,(H,15,16). The summed E-state index contributed by atoms with van der Waals surface area (Å²) in [5.74, 6) is -1.59. The minimum absolute atomic E-state index is 0.0891. The molecular weight excluding hydrogens is 304 g/mol. The number of carboxylic acid groups (broad SMARTS) is 1. The predicted molar refractivity (Wildman–Crippen MR) is 70.7 cm³/mol. The van der Waals surface area contributed by atoms with Crippen molar-refractivity contribution in [3.8, 4) is 0 Å². The third-order valence-corrected chi connectivity index (χ3v) is 3.17. The zero-order valence-corrected chi connectivity index (χ0v) is 11.5. The molecule has 0 aliphatic rings. The molecule has 0 amide bonds. The molecule has 98 valence electrons. The van der Waals surface area contributed by atoms with Gasteiger partial charge in [-0.1, -0.05) is 15.9 Å². The third kappa shape index (κ3) is 3.43. The zero-order chi connectivity index (χ0) is 13.9. The van der Waals surface area contributed by atoms with Crippen LogP contribution < -0.4 is 5.32 Å². The number of aliphatic carboxylic acids is 1. The second kappa shape index (κ2) is 5.81. The number of hydrogen-bond donors (Lipinski definition) is 2. The number of nitro benzene ring substituents is 1. The van der Waals surface area contributed by atoms with Crippen LogP contribution in [0.1, 0.15) is 13.8 Å². The lowest BCUT2D eigenvalue weighted by atomic mass is 10.0. The van der Waals surface area contributed by atoms with Crippen LogP contribution in [0.15, 0.2) is 22.7 Å². The molecule has 18 heavy (non-hydrogen) atoms. The molecule has 0 saturated carbocycles. The van der Waals surface area contributed by atoms with Crippen molar-refractivity contribution in [1.29, 1.82) is 0 Å². The molecule has 0 aliphatic carbocycles. The molecular formula is C11H13BrN2O4. The van der Waals surface area contributed by atoms with Crippen molar-refractivity contribution in [2.45, 2.75) is 19.9 Å². The van der Waals surface area contributed by atoms with Gasteiger partial charge in [-0.15, -0.1) is 0 Å². The third-order valence-electron chi connectivity index (χ3n) is 2.68. The molecule has 0 aromatic heterocycles. The van der Waals surface area contributed by atoms with E-state index in [0.29, 0.717) is 10.2 Å². The Hall–Kier alpha value is -1.63. The van der Waals surface area contributed by atoms with Gasteiger partial charge in [0.25, 0.3) is 5.69 Å². The molecule has 0 radical (unpaired) electrons. The van der Waals surface area contributed by atoms with Crippen LogP contribution in [0, 0.1) is 16.0 Å². The van der Waals surface area contributed by atoms with E-state index in [1.165, 1.54) is 6.07 Å². The van der Waals surface area contributed by atoms with Gasteiger partial charge < -0.3 is 10.4 Å². The number of anilines is 1. The van der Waals surface area contributed by atoms with Crippen LogP contribution >= 0.6 is 15.9 Å². The number of halogens is 1. The van der Waals surface area contributed by atoms with Crippen molar-refractivity contribution < 1.29 is 14.8 Å². The van der Waals surface area contributed by atoms with Crippen LogP contribution in [0.25, 0.3) is 0 Å². The summed E-state index contributed by atoms with van der Waals surface area (Å²) in [6.45, 7) is 3.22. The van der Waals surface area contributed by atoms with Gasteiger partial charge >= 0.3 is 5.97 Å². The molecule has 1 rings (SSSR count). The molecule has 0 heterocycles. The van der Waals surface area contributed by atoms with Crippen LogP contribution in [-0.2, 0) is 4.79 Å². The lowest BCUT2D eigenvalue weighted by Gasteiger charge is -2.18. The van der Waals surface area contributed by atoms with Crippen LogP contribution in [0.4, 0.5) is 11.4 Å². The van der Waals surface area contributed by atoms with Crippen molar-refractivity contribution in [1.82, 2.24) is 0 Å². The average Bonchev–Trinajstić information content (AvgIpc) is 2.29. The highest BCUT2D eigenvalue weighted by molar-refractivity contribution is 9.10. The molecule has 2 atom stereocenters. The maximum Gasteiger partial charge on any atom is 0.308 e. The maximum atomic E-state index is 10.9. The van der Waals surface area contributed by atoms with Crippen LogP contribution in [0.2, 0.25) is 0 Å². The van der Waals surface area contributed by atoms with E-state index in [1.807, 2.05) is 0 Å². The quantitative estimate of drug-likeness (QED) is 0.643. The zero-order valence-electron chi connectivity index (χ0n) is 9.88. The molecule has 1 aromatic carbocycles. The van der Waals surface area contributed by atoms with Gasteiger partial charge in [-0.05, 0) is 26.0 Å². The first kappa shape index (κ1) is 14.4. The van der Waals surface area contributed by atoms with Gasteiger partial charge in [-0.3, -0.25) is 14.9 Å². The minimum atomic E-state index is -0.949. The Morgan fingerprint density at radius 2 is 2.11 bits per heavy atom. The fraction of sp³-hybridized carbons (Fsp3) is 0.364. The lowest BCUT2D eigenvalue weighted by molar-refractivity contribution is -0.384. The SMILES string of the molecule is CC(Nc1ccc(Br)cc1[N+](=O)[O-])C(C)C(=O)O. The lowest BCUT2D eigenvalue weighted by Crippen LogP contribution is -2.29. The summed E-state index contributed by atoms with van der Waals surface area (Å²) in [4.78, 5) is 21.2. The highest BCUT2D eigenvalue weighted by atomic mass is 79.9. The second-order valence-electron chi connectivity index (χ2n) is 3.98. The van der Waals surface area contributed by atoms with E-state index in [-0.39, 0.29) is 5.69 Å². The monoisotopic (exact) mass is 316 g/mol. The molecule has 2 unspecified atom stereocenters. The van der Waals surface area contributed by atoms with Crippen LogP contribution in [0.5, 0.6) is 0 Å². The second-order valence-corrected chi connectivity index (χ2v) is 4.89. The number of nitrogens with zero attached hydrogens (tertiary/aromatic N) is 1. The molecule has 0 saturated heterocycles. The van der Waals surface area contributed by atoms with Gasteiger partial charge in [0.1, 0.15) is 5.69 Å². The number of carbonyl (C=O) groups is 1. The summed E-state index contributed by atoms with van der Waals surface area (Å²) in [6, 6.07) is 4.17. The Balaban J connectivity index is 2.97. The number of nitrogens with one attached hydrogen (secondary N) is 1. The summed E-state index contributed by atoms with van der Waals surface area (Å²) in [6.07, 6.45) is 0. The van der Waals surface area contributed by atoms with E-state index in [1.54, 1.807) is 26.0 Å². The van der Waals surface area contributed by atoms with Crippen molar-refractivity contribution in [2.24, 2.45) is 5.92 Å². The summed E-state index contributed by atoms with van der Waals surface area (Å²) in [5, 5.41) is 22.6. The molecule has 0 spiro atoms. The van der Waals surface area contributed by atoms with Crippen LogP contribution in [-0.4, -0.2) is 22.0 Å². The van der Waals surface area contributed by atoms with Crippen molar-refractivity contribution in [3.63, 3.8) is 0 Å². The number of carboxylic acids is 1. The van der Waals surface area contributed by atoms with Crippen molar-refractivity contribution in [3.05, 3.63) is 32.8 Å². The van der Waals surface area contributed by atoms with E-state index in [2.05, 4.69) is 21.2 Å². The number of nitro groups is 1. The molecule has 0 aliphatic heterocycles.